The van der Waals surface area contributed by atoms with E-state index in [1.165, 1.54) is 6.92 Å². The van der Waals surface area contributed by atoms with Crippen LogP contribution in [0.15, 0.2) is 30.3 Å². The number of amides is 1. The number of carbonyl (C=O) groups is 4. The molecule has 7 nitrogen and oxygen atoms in total. The van der Waals surface area contributed by atoms with Crippen molar-refractivity contribution in [2.45, 2.75) is 57.9 Å². The minimum absolute atomic E-state index is 0.0336. The quantitative estimate of drug-likeness (QED) is 0.321. The first kappa shape index (κ1) is 27.8. The molecule has 3 N–H and O–H groups in total. The number of ether oxygens (including phenoxy) is 1. The number of para-hydroxylation sites is 1. The summed E-state index contributed by atoms with van der Waals surface area (Å²) in [6.07, 6.45) is 5.91. The Labute approximate surface area is 195 Å². The van der Waals surface area contributed by atoms with Gasteiger partial charge in [-0.3, -0.25) is 19.2 Å². The fraction of sp³-hybridized carbons (Fsp3) is 0.583. The van der Waals surface area contributed by atoms with E-state index in [1.54, 1.807) is 11.8 Å². The molecule has 8 heteroatoms. The first-order chi connectivity index (χ1) is 15.3. The van der Waals surface area contributed by atoms with E-state index >= 15 is 0 Å². The van der Waals surface area contributed by atoms with Gasteiger partial charge in [0, 0.05) is 18.8 Å². The molecule has 0 saturated carbocycles. The van der Waals surface area contributed by atoms with Crippen molar-refractivity contribution in [1.82, 2.24) is 5.32 Å². The van der Waals surface area contributed by atoms with E-state index in [-0.39, 0.29) is 48.7 Å². The van der Waals surface area contributed by atoms with Crippen molar-refractivity contribution in [2.75, 3.05) is 25.2 Å². The summed E-state index contributed by atoms with van der Waals surface area (Å²) in [5.41, 5.74) is 5.78. The van der Waals surface area contributed by atoms with Gasteiger partial charge in [0.15, 0.2) is 11.6 Å². The zero-order valence-electron chi connectivity index (χ0n) is 19.1. The van der Waals surface area contributed by atoms with Gasteiger partial charge in [-0.15, -0.1) is 0 Å². The third-order valence-corrected chi connectivity index (χ3v) is 5.77. The van der Waals surface area contributed by atoms with Crippen LogP contribution in [-0.2, 0) is 19.2 Å². The fourth-order valence-corrected chi connectivity index (χ4v) is 3.62. The molecule has 0 bridgehead atoms. The highest BCUT2D eigenvalue weighted by molar-refractivity contribution is 7.98. The number of nitrogens with one attached hydrogen (secondary N) is 1. The number of benzene rings is 1. The third-order valence-electron chi connectivity index (χ3n) is 5.13. The maximum Gasteiger partial charge on any atom is 0.237 e. The van der Waals surface area contributed by atoms with E-state index < -0.39 is 6.04 Å². The molecule has 1 aromatic carbocycles. The van der Waals surface area contributed by atoms with Gasteiger partial charge in [0.25, 0.3) is 0 Å². The van der Waals surface area contributed by atoms with Crippen molar-refractivity contribution in [3.63, 3.8) is 0 Å². The van der Waals surface area contributed by atoms with Gasteiger partial charge in [-0.1, -0.05) is 31.0 Å². The highest BCUT2D eigenvalue weighted by atomic mass is 32.2. The van der Waals surface area contributed by atoms with E-state index in [0.29, 0.717) is 25.0 Å². The van der Waals surface area contributed by atoms with Crippen molar-refractivity contribution < 1.29 is 23.9 Å². The van der Waals surface area contributed by atoms with Crippen LogP contribution in [0.1, 0.15) is 51.9 Å². The summed E-state index contributed by atoms with van der Waals surface area (Å²) in [5.74, 6) is 0.583. The molecule has 0 aromatic heterocycles. The summed E-state index contributed by atoms with van der Waals surface area (Å²) in [6, 6.07) is 8.58. The van der Waals surface area contributed by atoms with Crippen LogP contribution in [0, 0.1) is 5.92 Å². The van der Waals surface area contributed by atoms with Crippen molar-refractivity contribution in [3.8, 4) is 5.75 Å². The van der Waals surface area contributed by atoms with E-state index in [9.17, 15) is 19.2 Å². The standard InChI is InChI=1S/C24H36N2O5S/c1-18(27)19(15-21(29)16-26-24(30)23(25)13-14-32-2)9-5-3-6-10-20(28)17-31-22-11-7-4-8-12-22/h4,7-8,11-12,19,23H,3,5-6,9-10,13-17,25H2,1-2H3,(H,26,30)/t19-,23+/m1/s1. The van der Waals surface area contributed by atoms with Gasteiger partial charge in [-0.05, 0) is 50.3 Å². The Bertz CT molecular complexity index is 726. The predicted octanol–water partition coefficient (Wildman–Crippen LogP) is 2.95. The predicted molar refractivity (Wildman–Crippen MR) is 128 cm³/mol. The Balaban J connectivity index is 2.21. The second-order valence-corrected chi connectivity index (χ2v) is 8.88. The van der Waals surface area contributed by atoms with Gasteiger partial charge in [0.2, 0.25) is 5.91 Å². The van der Waals surface area contributed by atoms with Crippen LogP contribution in [0.3, 0.4) is 0 Å². The van der Waals surface area contributed by atoms with Gasteiger partial charge in [0.05, 0.1) is 12.6 Å². The number of hydrogen-bond donors (Lipinski definition) is 2. The molecule has 0 radical (unpaired) electrons. The minimum Gasteiger partial charge on any atom is -0.486 e. The van der Waals surface area contributed by atoms with Gasteiger partial charge >= 0.3 is 0 Å². The number of hydrogen-bond acceptors (Lipinski definition) is 7. The molecule has 0 fully saturated rings. The Hall–Kier alpha value is -2.19. The fourth-order valence-electron chi connectivity index (χ4n) is 3.13. The SMILES string of the molecule is CSCC[C@H](N)C(=O)NCC(=O)C[C@@H](CCCCCC(=O)COc1ccccc1)C(C)=O. The number of nitrogens with two attached hydrogens (primary N) is 1. The molecule has 1 rings (SSSR count). The monoisotopic (exact) mass is 464 g/mol. The second kappa shape index (κ2) is 16.4. The normalized spacial score (nSPS) is 12.6. The molecule has 0 unspecified atom stereocenters. The Kier molecular flexibility index (Phi) is 14.3. The lowest BCUT2D eigenvalue weighted by molar-refractivity contribution is -0.128. The highest BCUT2D eigenvalue weighted by Gasteiger charge is 2.20. The zero-order valence-corrected chi connectivity index (χ0v) is 20.0. The van der Waals surface area contributed by atoms with Gasteiger partial charge in [-0.2, -0.15) is 11.8 Å². The number of thioether (sulfide) groups is 1. The number of Topliss-reactive ketones (excluding diaryl/α,β-unsaturated/α-hetero) is 3. The Morgan fingerprint density at radius 1 is 1.03 bits per heavy atom. The molecule has 1 amide bonds. The largest absolute Gasteiger partial charge is 0.486 e. The maximum absolute atomic E-state index is 12.2. The molecule has 0 heterocycles. The minimum atomic E-state index is -0.625. The van der Waals surface area contributed by atoms with Crippen molar-refractivity contribution >= 4 is 35.0 Å². The molecule has 0 spiro atoms. The molecule has 0 aliphatic heterocycles. The number of rotatable bonds is 18. The summed E-state index contributed by atoms with van der Waals surface area (Å²) in [6.45, 7) is 1.44. The molecule has 0 aliphatic rings. The summed E-state index contributed by atoms with van der Waals surface area (Å²) >= 11 is 1.61. The zero-order chi connectivity index (χ0) is 23.8. The number of carbonyl (C=O) groups excluding carboxylic acids is 4. The summed E-state index contributed by atoms with van der Waals surface area (Å²) in [4.78, 5) is 47.9. The smallest absolute Gasteiger partial charge is 0.237 e. The van der Waals surface area contributed by atoms with Crippen LogP contribution in [0.5, 0.6) is 5.75 Å². The van der Waals surface area contributed by atoms with E-state index in [4.69, 9.17) is 10.5 Å². The second-order valence-electron chi connectivity index (χ2n) is 7.90. The molecule has 32 heavy (non-hydrogen) atoms. The lowest BCUT2D eigenvalue weighted by atomic mass is 9.92. The summed E-state index contributed by atoms with van der Waals surface area (Å²) in [5, 5.41) is 2.56. The number of unbranched alkanes of at least 4 members (excludes halogenated alkanes) is 2. The first-order valence-electron chi connectivity index (χ1n) is 11.1. The first-order valence-corrected chi connectivity index (χ1v) is 12.5. The van der Waals surface area contributed by atoms with Gasteiger partial charge < -0.3 is 15.8 Å². The molecule has 0 saturated heterocycles. The van der Waals surface area contributed by atoms with Crippen LogP contribution in [0.4, 0.5) is 0 Å². The third kappa shape index (κ3) is 12.6. The van der Waals surface area contributed by atoms with Crippen LogP contribution >= 0.6 is 11.8 Å². The van der Waals surface area contributed by atoms with E-state index in [2.05, 4.69) is 5.32 Å². The number of ketones is 3. The average Bonchev–Trinajstić information content (AvgIpc) is 2.79. The van der Waals surface area contributed by atoms with Gasteiger partial charge in [0.1, 0.15) is 18.1 Å². The molecular formula is C24H36N2O5S. The van der Waals surface area contributed by atoms with Crippen molar-refractivity contribution in [3.05, 3.63) is 30.3 Å². The highest BCUT2D eigenvalue weighted by Crippen LogP contribution is 2.16. The van der Waals surface area contributed by atoms with Crippen LogP contribution < -0.4 is 15.8 Å². The van der Waals surface area contributed by atoms with Gasteiger partial charge in [-0.25, -0.2) is 0 Å². The summed E-state index contributed by atoms with van der Waals surface area (Å²) in [7, 11) is 0. The average molecular weight is 465 g/mol. The maximum atomic E-state index is 12.2. The van der Waals surface area contributed by atoms with Crippen LogP contribution in [-0.4, -0.2) is 54.5 Å². The lowest BCUT2D eigenvalue weighted by Crippen LogP contribution is -2.43. The molecule has 0 aliphatic carbocycles. The van der Waals surface area contributed by atoms with Crippen LogP contribution in [0.2, 0.25) is 0 Å². The molecule has 178 valence electrons. The Morgan fingerprint density at radius 3 is 2.41 bits per heavy atom. The molecular weight excluding hydrogens is 428 g/mol. The topological polar surface area (TPSA) is 116 Å². The van der Waals surface area contributed by atoms with Crippen molar-refractivity contribution in [1.29, 1.82) is 0 Å². The molecule has 1 aromatic rings. The Morgan fingerprint density at radius 2 is 1.75 bits per heavy atom. The lowest BCUT2D eigenvalue weighted by Gasteiger charge is -2.14. The van der Waals surface area contributed by atoms with E-state index in [1.807, 2.05) is 36.6 Å². The van der Waals surface area contributed by atoms with Crippen molar-refractivity contribution in [2.24, 2.45) is 11.7 Å². The van der Waals surface area contributed by atoms with E-state index in [0.717, 1.165) is 25.0 Å². The van der Waals surface area contributed by atoms with Crippen LogP contribution in [0.25, 0.3) is 0 Å². The molecule has 2 atom stereocenters. The summed E-state index contributed by atoms with van der Waals surface area (Å²) < 4.78 is 5.44.